The third-order valence-electron chi connectivity index (χ3n) is 3.71. The minimum atomic E-state index is 0.242. The molecule has 2 rings (SSSR count). The van der Waals surface area contributed by atoms with Crippen LogP contribution in [0.25, 0.3) is 0 Å². The second-order valence-corrected chi connectivity index (χ2v) is 4.95. The highest BCUT2D eigenvalue weighted by molar-refractivity contribution is 5.00. The van der Waals surface area contributed by atoms with Crippen molar-refractivity contribution in [3.63, 3.8) is 0 Å². The number of rotatable bonds is 6. The molecule has 15 heavy (non-hydrogen) atoms. The van der Waals surface area contributed by atoms with Crippen LogP contribution in [0.4, 0.5) is 0 Å². The standard InChI is InChI=1S/C12H23NO2/c1-3-13-8-12(9-14-2)6-7-15-11(12)10-4-5-10/h10-11,13H,3-9H2,1-2H3. The van der Waals surface area contributed by atoms with E-state index in [-0.39, 0.29) is 5.41 Å². The van der Waals surface area contributed by atoms with Gasteiger partial charge in [-0.25, -0.2) is 0 Å². The van der Waals surface area contributed by atoms with Crippen LogP contribution in [-0.2, 0) is 9.47 Å². The van der Waals surface area contributed by atoms with E-state index in [0.29, 0.717) is 6.10 Å². The van der Waals surface area contributed by atoms with Crippen molar-refractivity contribution in [2.45, 2.75) is 32.3 Å². The first-order chi connectivity index (χ1) is 7.32. The maximum absolute atomic E-state index is 5.92. The Balaban J connectivity index is 2.00. The number of ether oxygens (including phenoxy) is 2. The molecule has 0 aromatic rings. The van der Waals surface area contributed by atoms with Crippen molar-refractivity contribution in [3.05, 3.63) is 0 Å². The highest BCUT2D eigenvalue weighted by Crippen LogP contribution is 2.47. The van der Waals surface area contributed by atoms with E-state index in [0.717, 1.165) is 38.6 Å². The molecule has 1 N–H and O–H groups in total. The Hall–Kier alpha value is -0.120. The lowest BCUT2D eigenvalue weighted by molar-refractivity contribution is -0.0115. The highest BCUT2D eigenvalue weighted by atomic mass is 16.5. The summed E-state index contributed by atoms with van der Waals surface area (Å²) < 4.78 is 11.3. The lowest BCUT2D eigenvalue weighted by Gasteiger charge is -2.33. The molecule has 1 heterocycles. The third kappa shape index (κ3) is 2.35. The van der Waals surface area contributed by atoms with Gasteiger partial charge in [-0.15, -0.1) is 0 Å². The summed E-state index contributed by atoms with van der Waals surface area (Å²) >= 11 is 0. The number of methoxy groups -OCH3 is 1. The van der Waals surface area contributed by atoms with E-state index in [4.69, 9.17) is 9.47 Å². The predicted octanol–water partition coefficient (Wildman–Crippen LogP) is 1.43. The Morgan fingerprint density at radius 1 is 1.47 bits per heavy atom. The molecule has 0 bridgehead atoms. The molecule has 2 atom stereocenters. The first-order valence-corrected chi connectivity index (χ1v) is 6.13. The fourth-order valence-electron chi connectivity index (χ4n) is 2.80. The number of hydrogen-bond donors (Lipinski definition) is 1. The van der Waals surface area contributed by atoms with Gasteiger partial charge in [-0.3, -0.25) is 0 Å². The minimum absolute atomic E-state index is 0.242. The lowest BCUT2D eigenvalue weighted by atomic mass is 9.79. The maximum atomic E-state index is 5.92. The third-order valence-corrected chi connectivity index (χ3v) is 3.71. The smallest absolute Gasteiger partial charge is 0.0694 e. The van der Waals surface area contributed by atoms with Gasteiger partial charge in [-0.05, 0) is 31.7 Å². The molecule has 0 aromatic heterocycles. The van der Waals surface area contributed by atoms with E-state index in [1.165, 1.54) is 12.8 Å². The second-order valence-electron chi connectivity index (χ2n) is 4.95. The van der Waals surface area contributed by atoms with E-state index in [2.05, 4.69) is 12.2 Å². The van der Waals surface area contributed by atoms with Crippen LogP contribution in [0.5, 0.6) is 0 Å². The molecule has 0 radical (unpaired) electrons. The van der Waals surface area contributed by atoms with Crippen LogP contribution in [0.15, 0.2) is 0 Å². The maximum Gasteiger partial charge on any atom is 0.0694 e. The van der Waals surface area contributed by atoms with Crippen LogP contribution in [0, 0.1) is 11.3 Å². The summed E-state index contributed by atoms with van der Waals surface area (Å²) in [5.41, 5.74) is 0.242. The van der Waals surface area contributed by atoms with E-state index >= 15 is 0 Å². The van der Waals surface area contributed by atoms with Crippen LogP contribution in [0.2, 0.25) is 0 Å². The van der Waals surface area contributed by atoms with Crippen molar-refractivity contribution < 1.29 is 9.47 Å². The Labute approximate surface area is 92.5 Å². The van der Waals surface area contributed by atoms with Crippen LogP contribution < -0.4 is 5.32 Å². The zero-order chi connectivity index (χ0) is 10.7. The first kappa shape index (κ1) is 11.4. The van der Waals surface area contributed by atoms with E-state index in [1.54, 1.807) is 7.11 Å². The van der Waals surface area contributed by atoms with Gasteiger partial charge in [-0.1, -0.05) is 6.92 Å². The van der Waals surface area contributed by atoms with Gasteiger partial charge >= 0.3 is 0 Å². The van der Waals surface area contributed by atoms with Gasteiger partial charge in [0.05, 0.1) is 12.7 Å². The molecular weight excluding hydrogens is 190 g/mol. The average molecular weight is 213 g/mol. The van der Waals surface area contributed by atoms with Crippen molar-refractivity contribution in [2.24, 2.45) is 11.3 Å². The Bertz CT molecular complexity index is 206. The molecule has 0 aromatic carbocycles. The Morgan fingerprint density at radius 3 is 2.87 bits per heavy atom. The van der Waals surface area contributed by atoms with Crippen molar-refractivity contribution >= 4 is 0 Å². The monoisotopic (exact) mass is 213 g/mol. The van der Waals surface area contributed by atoms with Gasteiger partial charge in [0.2, 0.25) is 0 Å². The summed E-state index contributed by atoms with van der Waals surface area (Å²) in [4.78, 5) is 0. The summed E-state index contributed by atoms with van der Waals surface area (Å²) in [6.45, 7) is 5.97. The average Bonchev–Trinajstić information content (AvgIpc) is 2.99. The summed E-state index contributed by atoms with van der Waals surface area (Å²) in [6, 6.07) is 0. The molecule has 3 nitrogen and oxygen atoms in total. The van der Waals surface area contributed by atoms with Crippen molar-refractivity contribution in [1.82, 2.24) is 5.32 Å². The molecule has 0 spiro atoms. The fourth-order valence-corrected chi connectivity index (χ4v) is 2.80. The Kier molecular flexibility index (Phi) is 3.65. The van der Waals surface area contributed by atoms with Crippen LogP contribution in [-0.4, -0.2) is 39.5 Å². The molecule has 88 valence electrons. The molecular formula is C12H23NO2. The van der Waals surface area contributed by atoms with Crippen molar-refractivity contribution in [3.8, 4) is 0 Å². The topological polar surface area (TPSA) is 30.5 Å². The summed E-state index contributed by atoms with van der Waals surface area (Å²) in [5, 5.41) is 3.47. The highest BCUT2D eigenvalue weighted by Gasteiger charge is 2.50. The zero-order valence-electron chi connectivity index (χ0n) is 9.92. The van der Waals surface area contributed by atoms with Crippen LogP contribution >= 0.6 is 0 Å². The summed E-state index contributed by atoms with van der Waals surface area (Å²) in [6.07, 6.45) is 4.29. The van der Waals surface area contributed by atoms with Crippen molar-refractivity contribution in [2.75, 3.05) is 33.4 Å². The van der Waals surface area contributed by atoms with Gasteiger partial charge in [0, 0.05) is 25.7 Å². The van der Waals surface area contributed by atoms with E-state index in [1.807, 2.05) is 0 Å². The summed E-state index contributed by atoms with van der Waals surface area (Å²) in [5.74, 6) is 0.807. The van der Waals surface area contributed by atoms with Crippen LogP contribution in [0.1, 0.15) is 26.2 Å². The largest absolute Gasteiger partial charge is 0.384 e. The first-order valence-electron chi connectivity index (χ1n) is 6.13. The molecule has 2 aliphatic rings. The number of hydrogen-bond acceptors (Lipinski definition) is 3. The van der Waals surface area contributed by atoms with E-state index in [9.17, 15) is 0 Å². The van der Waals surface area contributed by atoms with Crippen molar-refractivity contribution in [1.29, 1.82) is 0 Å². The van der Waals surface area contributed by atoms with Gasteiger partial charge in [0.25, 0.3) is 0 Å². The normalized spacial score (nSPS) is 36.0. The molecule has 1 saturated carbocycles. The second kappa shape index (κ2) is 4.81. The molecule has 3 heteroatoms. The van der Waals surface area contributed by atoms with E-state index < -0.39 is 0 Å². The predicted molar refractivity (Wildman–Crippen MR) is 59.9 cm³/mol. The van der Waals surface area contributed by atoms with Gasteiger partial charge in [0.15, 0.2) is 0 Å². The molecule has 1 aliphatic heterocycles. The van der Waals surface area contributed by atoms with Gasteiger partial charge < -0.3 is 14.8 Å². The van der Waals surface area contributed by atoms with Gasteiger partial charge in [-0.2, -0.15) is 0 Å². The summed E-state index contributed by atoms with van der Waals surface area (Å²) in [7, 11) is 1.80. The fraction of sp³-hybridized carbons (Fsp3) is 1.00. The minimum Gasteiger partial charge on any atom is -0.384 e. The zero-order valence-corrected chi connectivity index (χ0v) is 9.92. The lowest BCUT2D eigenvalue weighted by Crippen LogP contribution is -2.45. The van der Waals surface area contributed by atoms with Gasteiger partial charge in [0.1, 0.15) is 0 Å². The molecule has 2 unspecified atom stereocenters. The number of nitrogens with one attached hydrogen (secondary N) is 1. The molecule has 2 fully saturated rings. The SMILES string of the molecule is CCNCC1(COC)CCOC1C1CC1. The Morgan fingerprint density at radius 2 is 2.27 bits per heavy atom. The van der Waals surface area contributed by atoms with Crippen LogP contribution in [0.3, 0.4) is 0 Å². The molecule has 1 aliphatic carbocycles. The quantitative estimate of drug-likeness (QED) is 0.724. The molecule has 1 saturated heterocycles. The molecule has 0 amide bonds.